The smallest absolute Gasteiger partial charge is 0.266 e. The van der Waals surface area contributed by atoms with Gasteiger partial charge in [0, 0.05) is 129 Å². The molecule has 0 saturated carbocycles. The van der Waals surface area contributed by atoms with Crippen LogP contribution in [0.5, 0.6) is 46.0 Å². The van der Waals surface area contributed by atoms with Crippen molar-refractivity contribution in [1.29, 1.82) is 0 Å². The van der Waals surface area contributed by atoms with Crippen LogP contribution < -0.4 is 48.9 Å². The van der Waals surface area contributed by atoms with Crippen LogP contribution in [0.3, 0.4) is 0 Å². The summed E-state index contributed by atoms with van der Waals surface area (Å²) in [4.78, 5) is 107. The van der Waals surface area contributed by atoms with Gasteiger partial charge in [-0.3, -0.25) is 38.4 Å². The summed E-state index contributed by atoms with van der Waals surface area (Å²) in [5.74, 6) is 5.45. The van der Waals surface area contributed by atoms with Gasteiger partial charge in [-0.2, -0.15) is 0 Å². The maximum absolute atomic E-state index is 12.4. The fourth-order valence-corrected chi connectivity index (χ4v) is 16.1. The number of allylic oxidation sites excluding steroid dienone is 5. The molecule has 14 rings (SSSR count). The molecular weight excluding hydrogens is 1860 g/mol. The number of rotatable bonds is 35. The van der Waals surface area contributed by atoms with Gasteiger partial charge < -0.3 is 83.1 Å². The Morgan fingerprint density at radius 1 is 0.351 bits per heavy atom. The first-order valence-electron chi connectivity index (χ1n) is 51.5. The Kier molecular flexibility index (Phi) is 53.7. The molecular formula is C123H156N8O17. The molecule has 0 aliphatic carbocycles. The van der Waals surface area contributed by atoms with Crippen LogP contribution >= 0.6 is 0 Å². The maximum Gasteiger partial charge on any atom is 0.266 e. The third-order valence-electron chi connectivity index (χ3n) is 24.1. The first-order valence-corrected chi connectivity index (χ1v) is 51.5. The molecule has 6 unspecified atom stereocenters. The number of primary amides is 1. The minimum atomic E-state index is -0.844. The van der Waals surface area contributed by atoms with Crippen LogP contribution in [0.25, 0.3) is 48.6 Å². The second-order valence-electron chi connectivity index (χ2n) is 35.7. The number of amides is 8. The van der Waals surface area contributed by atoms with Crippen LogP contribution in [-0.2, 0) is 43.1 Å². The van der Waals surface area contributed by atoms with Gasteiger partial charge in [0.2, 0.25) is 0 Å². The van der Waals surface area contributed by atoms with Gasteiger partial charge in [-0.25, -0.2) is 0 Å². The minimum absolute atomic E-state index is 0.0172. The topological polar surface area (TPSA) is 277 Å². The second kappa shape index (κ2) is 66.2. The van der Waals surface area contributed by atoms with Crippen LogP contribution in [0, 0.1) is 0 Å². The van der Waals surface area contributed by atoms with Crippen LogP contribution in [0.4, 0.5) is 5.69 Å². The molecule has 25 nitrogen and oxygen atoms in total. The van der Waals surface area contributed by atoms with E-state index in [1.165, 1.54) is 0 Å². The van der Waals surface area contributed by atoms with Crippen molar-refractivity contribution in [3.8, 4) is 46.0 Å². The third kappa shape index (κ3) is 40.4. The Labute approximate surface area is 878 Å². The number of benzene rings is 9. The Hall–Kier alpha value is -15.0. The summed E-state index contributed by atoms with van der Waals surface area (Å²) >= 11 is 0. The molecule has 5 aliphatic rings. The molecule has 6 atom stereocenters. The fourth-order valence-electron chi connectivity index (χ4n) is 16.1. The first-order chi connectivity index (χ1) is 71.5. The van der Waals surface area contributed by atoms with Crippen molar-refractivity contribution in [2.24, 2.45) is 5.73 Å². The van der Waals surface area contributed by atoms with Gasteiger partial charge in [0.25, 0.3) is 47.3 Å². The Morgan fingerprint density at radius 3 is 0.959 bits per heavy atom. The number of morpholine rings is 1. The van der Waals surface area contributed by atoms with Crippen LogP contribution in [-0.4, -0.2) is 217 Å². The van der Waals surface area contributed by atoms with Gasteiger partial charge in [0.1, 0.15) is 46.0 Å². The Bertz CT molecular complexity index is 5700. The summed E-state index contributed by atoms with van der Waals surface area (Å²) in [5, 5.41) is 2.83. The number of hydrogen-bond donors (Lipinski definition) is 2. The Morgan fingerprint density at radius 2 is 0.622 bits per heavy atom. The predicted molar refractivity (Wildman–Crippen MR) is 599 cm³/mol. The molecule has 790 valence electrons. The molecule has 25 heteroatoms. The minimum Gasteiger partial charge on any atom is -0.483 e. The standard InChI is InChI=1S/C18H19NO2.C16H21NO3.2C16H21NO2.C16H23NO2.C15H19NO2.C14H17NO2.C12H15NO2/c1-3-9-15-10-7-8-13-17(15)21-14(2)18(20)19-16-11-5-4-6-12-16;1-3-6-14-7-4-5-8-15(14)20-13(2)16(18)17-9-11-19-12-10-17;1-4-13-9-5-6-10-14(13)19-16(2,3)15(18)17-11-7-8-12-17;1-3-8-14-9-4-5-10-15(14)19-13(2)16(18)17-11-6-7-12-17;1-5-10-14-11-8-9-12-15(14)19-13(4)16(18)17(6-2)7-3;1-3-13-8-4-5-9-14(13)18-12(2)15(17)16-10-6-7-11-16;1-2-12-7-3-4-8-13(12)17-11-14(16)15-9-5-6-10-15;1-3-6-10-7-4-5-8-11(10)15-9(2)12(13)14/h3-14H,1-2H3,(H,19,20);3-8,13H,9-12H2,1-2H3;4-6,9-10H,1,7-8,11-12H2,2-3H3;3-5,8-10,13H,6-7,11-12H2,1-2H3;5,8-13H,6-7H2,1-4H3;3-5,8-9,12H,1,6-7,10-11H2,2H3;2-4,7-8H,1,5-6,9-11H2;3-9H,1-2H3,(H2,13,14). The van der Waals surface area contributed by atoms with Crippen LogP contribution in [0.15, 0.2) is 275 Å². The number of anilines is 1. The number of para-hydroxylation sites is 9. The number of ether oxygens (including phenoxy) is 9. The molecule has 9 aromatic rings. The van der Waals surface area contributed by atoms with E-state index in [4.69, 9.17) is 48.4 Å². The lowest BCUT2D eigenvalue weighted by molar-refractivity contribution is -0.144. The highest BCUT2D eigenvalue weighted by Gasteiger charge is 2.37. The number of likely N-dealkylation sites (tertiary alicyclic amines) is 4. The molecule has 9 aromatic carbocycles. The molecule has 5 heterocycles. The summed E-state index contributed by atoms with van der Waals surface area (Å²) in [7, 11) is 0. The molecule has 148 heavy (non-hydrogen) atoms. The van der Waals surface area contributed by atoms with Gasteiger partial charge in [-0.05, 0) is 216 Å². The van der Waals surface area contributed by atoms with E-state index in [9.17, 15) is 38.4 Å². The zero-order chi connectivity index (χ0) is 108. The van der Waals surface area contributed by atoms with E-state index >= 15 is 0 Å². The zero-order valence-corrected chi connectivity index (χ0v) is 89.4. The maximum atomic E-state index is 12.4. The van der Waals surface area contributed by atoms with Crippen molar-refractivity contribution in [3.63, 3.8) is 0 Å². The summed E-state index contributed by atoms with van der Waals surface area (Å²) in [6.07, 6.45) is 30.5. The van der Waals surface area contributed by atoms with Crippen molar-refractivity contribution in [3.05, 3.63) is 319 Å². The van der Waals surface area contributed by atoms with Gasteiger partial charge in [-0.15, -0.1) is 0 Å². The van der Waals surface area contributed by atoms with E-state index in [1.807, 2.05) is 374 Å². The van der Waals surface area contributed by atoms with E-state index in [0.717, 1.165) is 177 Å². The van der Waals surface area contributed by atoms with Crippen molar-refractivity contribution in [2.75, 3.05) is 104 Å². The highest BCUT2D eigenvalue weighted by Crippen LogP contribution is 2.31. The highest BCUT2D eigenvalue weighted by atomic mass is 16.5. The molecule has 3 N–H and O–H groups in total. The van der Waals surface area contributed by atoms with Gasteiger partial charge in [0.15, 0.2) is 48.8 Å². The molecule has 5 aliphatic heterocycles. The summed E-state index contributed by atoms with van der Waals surface area (Å²) < 4.78 is 51.1. The lowest BCUT2D eigenvalue weighted by atomic mass is 10.1. The lowest BCUT2D eigenvalue weighted by Gasteiger charge is -2.30. The van der Waals surface area contributed by atoms with E-state index < -0.39 is 48.1 Å². The fraction of sp³-hybridized carbons (Fsp3) is 0.366. The number of carbonyl (C=O) groups is 8. The van der Waals surface area contributed by atoms with E-state index in [2.05, 4.69) is 25.1 Å². The van der Waals surface area contributed by atoms with E-state index in [1.54, 1.807) is 62.6 Å². The van der Waals surface area contributed by atoms with Gasteiger partial charge in [-0.1, -0.05) is 263 Å². The summed E-state index contributed by atoms with van der Waals surface area (Å²) in [6.45, 7) is 50.1. The number of nitrogens with one attached hydrogen (secondary N) is 1. The van der Waals surface area contributed by atoms with Crippen molar-refractivity contribution in [1.82, 2.24) is 29.4 Å². The van der Waals surface area contributed by atoms with Crippen LogP contribution in [0.1, 0.15) is 200 Å². The average Bonchev–Trinajstić information content (AvgIpc) is 1.41. The third-order valence-corrected chi connectivity index (χ3v) is 24.1. The second-order valence-corrected chi connectivity index (χ2v) is 35.7. The largest absolute Gasteiger partial charge is 0.483 e. The number of nitrogens with two attached hydrogens (primary N) is 1. The van der Waals surface area contributed by atoms with E-state index in [0.29, 0.717) is 62.4 Å². The molecule has 5 saturated heterocycles. The number of hydrogen-bond acceptors (Lipinski definition) is 17. The number of carbonyl (C=O) groups excluding carboxylic acids is 8. The zero-order valence-electron chi connectivity index (χ0n) is 89.4. The molecule has 0 aromatic heterocycles. The number of likely N-dealkylation sites (N-methyl/N-ethyl adjacent to an activating group) is 1. The van der Waals surface area contributed by atoms with E-state index in [-0.39, 0.29) is 48.0 Å². The first kappa shape index (κ1) is 120. The quantitative estimate of drug-likeness (QED) is 0.0373. The highest BCUT2D eigenvalue weighted by molar-refractivity contribution is 5.94. The molecule has 0 bridgehead atoms. The van der Waals surface area contributed by atoms with Crippen molar-refractivity contribution in [2.45, 2.75) is 197 Å². The summed E-state index contributed by atoms with van der Waals surface area (Å²) in [5.41, 5.74) is 12.7. The Balaban J connectivity index is 0.000000229. The summed E-state index contributed by atoms with van der Waals surface area (Å²) in [6, 6.07) is 70.6. The normalized spacial score (nSPS) is 14.7. The molecule has 8 amide bonds. The average molecular weight is 2020 g/mol. The predicted octanol–water partition coefficient (Wildman–Crippen LogP) is 23.1. The molecule has 0 radical (unpaired) electrons. The molecule has 5 fully saturated rings. The van der Waals surface area contributed by atoms with Crippen molar-refractivity contribution < 1.29 is 81.0 Å². The molecule has 0 spiro atoms. The SMILES string of the molecule is C=Cc1ccccc1OC(C)(C)C(=O)N1CCCC1.C=Cc1ccccc1OC(C)C(=O)N1CCCC1.C=Cc1ccccc1OCC(=O)N1CCCC1.CC=Cc1ccccc1OC(C)C(=O)N(CC)CC.CC=Cc1ccccc1OC(C)C(=O)N1CCCC1.CC=Cc1ccccc1OC(C)C(=O)N1CCOCC1.CC=Cc1ccccc1OC(C)C(=O)Nc1ccccc1.CC=Cc1ccccc1OC(C)C(N)=O. The van der Waals surface area contributed by atoms with Crippen LogP contribution in [0.2, 0.25) is 0 Å². The monoisotopic (exact) mass is 2020 g/mol. The number of nitrogens with zero attached hydrogens (tertiary/aromatic N) is 6. The van der Waals surface area contributed by atoms with Gasteiger partial charge in [0.05, 0.1) is 13.2 Å². The van der Waals surface area contributed by atoms with Gasteiger partial charge >= 0.3 is 0 Å². The van der Waals surface area contributed by atoms with Crippen molar-refractivity contribution >= 4 is 102 Å². The lowest BCUT2D eigenvalue weighted by Crippen LogP contribution is -2.47.